The summed E-state index contributed by atoms with van der Waals surface area (Å²) in [7, 11) is 1.70. The number of pyridine rings is 1. The highest BCUT2D eigenvalue weighted by Crippen LogP contribution is 2.20. The molecule has 0 aliphatic heterocycles. The molecule has 1 N–H and O–H groups in total. The molecule has 0 aliphatic carbocycles. The molecule has 3 rings (SSSR count). The fourth-order valence-electron chi connectivity index (χ4n) is 2.42. The Morgan fingerprint density at radius 3 is 2.76 bits per heavy atom. The van der Waals surface area contributed by atoms with Crippen LogP contribution in [-0.4, -0.2) is 12.1 Å². The number of nitrogens with zero attached hydrogens (tertiary/aromatic N) is 1. The van der Waals surface area contributed by atoms with Gasteiger partial charge in [0.25, 0.3) is 0 Å². The summed E-state index contributed by atoms with van der Waals surface area (Å²) in [5, 5.41) is 4.56. The molecule has 0 aliphatic rings. The van der Waals surface area contributed by atoms with Crippen molar-refractivity contribution in [1.82, 2.24) is 4.98 Å². The van der Waals surface area contributed by atoms with Crippen LogP contribution < -0.4 is 10.1 Å². The molecule has 1 heterocycles. The molecule has 0 fully saturated rings. The van der Waals surface area contributed by atoms with Crippen LogP contribution in [0.5, 0.6) is 5.75 Å². The summed E-state index contributed by atoms with van der Waals surface area (Å²) in [6.45, 7) is 2.82. The van der Waals surface area contributed by atoms with E-state index in [1.54, 1.807) is 7.11 Å². The van der Waals surface area contributed by atoms with E-state index in [0.29, 0.717) is 0 Å². The predicted molar refractivity (Wildman–Crippen MR) is 86.8 cm³/mol. The van der Waals surface area contributed by atoms with Crippen LogP contribution in [0.2, 0.25) is 0 Å². The summed E-state index contributed by atoms with van der Waals surface area (Å²) in [6, 6.07) is 16.5. The van der Waals surface area contributed by atoms with Gasteiger partial charge in [-0.3, -0.25) is 4.98 Å². The Morgan fingerprint density at radius 2 is 1.95 bits per heavy atom. The highest BCUT2D eigenvalue weighted by Gasteiger charge is 2.01. The SMILES string of the molecule is COc1ccc(CNc2cnc3ccccc3c2)cc1C. The average Bonchev–Trinajstić information content (AvgIpc) is 2.53. The number of aryl methyl sites for hydroxylation is 1. The van der Waals surface area contributed by atoms with Crippen LogP contribution in [0, 0.1) is 6.92 Å². The average molecular weight is 278 g/mol. The normalized spacial score (nSPS) is 10.6. The lowest BCUT2D eigenvalue weighted by atomic mass is 10.1. The van der Waals surface area contributed by atoms with Crippen LogP contribution in [0.25, 0.3) is 10.9 Å². The van der Waals surface area contributed by atoms with Crippen molar-refractivity contribution in [2.24, 2.45) is 0 Å². The molecule has 0 saturated heterocycles. The predicted octanol–water partition coefficient (Wildman–Crippen LogP) is 4.16. The number of fused-ring (bicyclic) bond motifs is 1. The quantitative estimate of drug-likeness (QED) is 0.778. The van der Waals surface area contributed by atoms with Crippen molar-refractivity contribution in [2.75, 3.05) is 12.4 Å². The summed E-state index contributed by atoms with van der Waals surface area (Å²) < 4.78 is 5.28. The fourth-order valence-corrected chi connectivity index (χ4v) is 2.42. The number of benzene rings is 2. The van der Waals surface area contributed by atoms with E-state index in [2.05, 4.69) is 41.5 Å². The van der Waals surface area contributed by atoms with Gasteiger partial charge < -0.3 is 10.1 Å². The number of ether oxygens (including phenoxy) is 1. The molecule has 0 atom stereocenters. The molecule has 0 spiro atoms. The molecule has 0 saturated carbocycles. The molecule has 1 aromatic heterocycles. The first-order valence-electron chi connectivity index (χ1n) is 6.98. The minimum Gasteiger partial charge on any atom is -0.496 e. The van der Waals surface area contributed by atoms with Gasteiger partial charge in [0.2, 0.25) is 0 Å². The van der Waals surface area contributed by atoms with Gasteiger partial charge in [-0.1, -0.05) is 30.3 Å². The van der Waals surface area contributed by atoms with E-state index in [1.165, 1.54) is 5.56 Å². The molecule has 0 unspecified atom stereocenters. The highest BCUT2D eigenvalue weighted by molar-refractivity contribution is 5.81. The number of aromatic nitrogens is 1. The van der Waals surface area contributed by atoms with Crippen LogP contribution >= 0.6 is 0 Å². The maximum absolute atomic E-state index is 5.28. The number of anilines is 1. The Balaban J connectivity index is 1.75. The van der Waals surface area contributed by atoms with Crippen molar-refractivity contribution in [3.8, 4) is 5.75 Å². The van der Waals surface area contributed by atoms with E-state index in [1.807, 2.05) is 30.5 Å². The molecular formula is C18H18N2O. The maximum atomic E-state index is 5.28. The van der Waals surface area contributed by atoms with E-state index in [0.717, 1.165) is 34.4 Å². The molecule has 0 bridgehead atoms. The van der Waals surface area contributed by atoms with Crippen molar-refractivity contribution in [3.63, 3.8) is 0 Å². The monoisotopic (exact) mass is 278 g/mol. The van der Waals surface area contributed by atoms with Crippen molar-refractivity contribution in [2.45, 2.75) is 13.5 Å². The van der Waals surface area contributed by atoms with E-state index >= 15 is 0 Å². The van der Waals surface area contributed by atoms with Crippen LogP contribution in [0.15, 0.2) is 54.7 Å². The third-order valence-electron chi connectivity index (χ3n) is 3.55. The first-order chi connectivity index (χ1) is 10.3. The molecule has 21 heavy (non-hydrogen) atoms. The molecule has 0 radical (unpaired) electrons. The molecule has 0 amide bonds. The number of methoxy groups -OCH3 is 1. The number of rotatable bonds is 4. The van der Waals surface area contributed by atoms with Crippen molar-refractivity contribution in [3.05, 3.63) is 65.9 Å². The smallest absolute Gasteiger partial charge is 0.121 e. The van der Waals surface area contributed by atoms with Gasteiger partial charge in [0.15, 0.2) is 0 Å². The lowest BCUT2D eigenvalue weighted by molar-refractivity contribution is 0.411. The third-order valence-corrected chi connectivity index (χ3v) is 3.55. The first-order valence-corrected chi connectivity index (χ1v) is 6.98. The van der Waals surface area contributed by atoms with Crippen molar-refractivity contribution in [1.29, 1.82) is 0 Å². The lowest BCUT2D eigenvalue weighted by Crippen LogP contribution is -2.00. The summed E-state index contributed by atoms with van der Waals surface area (Å²) in [5.41, 5.74) is 4.42. The number of para-hydroxylation sites is 1. The van der Waals surface area contributed by atoms with Crippen molar-refractivity contribution < 1.29 is 4.74 Å². The summed E-state index contributed by atoms with van der Waals surface area (Å²) >= 11 is 0. The van der Waals surface area contributed by atoms with Gasteiger partial charge >= 0.3 is 0 Å². The second-order valence-electron chi connectivity index (χ2n) is 5.07. The second-order valence-corrected chi connectivity index (χ2v) is 5.07. The fraction of sp³-hybridized carbons (Fsp3) is 0.167. The zero-order valence-electron chi connectivity index (χ0n) is 12.3. The number of nitrogens with one attached hydrogen (secondary N) is 1. The Bertz CT molecular complexity index is 768. The maximum Gasteiger partial charge on any atom is 0.121 e. The topological polar surface area (TPSA) is 34.1 Å². The van der Waals surface area contributed by atoms with E-state index in [4.69, 9.17) is 4.74 Å². The third kappa shape index (κ3) is 2.97. The van der Waals surface area contributed by atoms with Gasteiger partial charge in [0.1, 0.15) is 5.75 Å². The number of hydrogen-bond donors (Lipinski definition) is 1. The van der Waals surface area contributed by atoms with Crippen LogP contribution in [0.1, 0.15) is 11.1 Å². The number of hydrogen-bond acceptors (Lipinski definition) is 3. The summed E-state index contributed by atoms with van der Waals surface area (Å²) in [6.07, 6.45) is 1.87. The molecule has 2 aromatic carbocycles. The van der Waals surface area contributed by atoms with Crippen molar-refractivity contribution >= 4 is 16.6 Å². The minimum absolute atomic E-state index is 0.769. The van der Waals surface area contributed by atoms with Crippen LogP contribution in [0.3, 0.4) is 0 Å². The largest absolute Gasteiger partial charge is 0.496 e. The van der Waals surface area contributed by atoms with Gasteiger partial charge in [0.05, 0.1) is 24.5 Å². The minimum atomic E-state index is 0.769. The molecule has 3 nitrogen and oxygen atoms in total. The van der Waals surface area contributed by atoms with E-state index < -0.39 is 0 Å². The summed E-state index contributed by atoms with van der Waals surface area (Å²) in [5.74, 6) is 0.922. The molecular weight excluding hydrogens is 260 g/mol. The van der Waals surface area contributed by atoms with Gasteiger partial charge in [-0.15, -0.1) is 0 Å². The van der Waals surface area contributed by atoms with Gasteiger partial charge in [-0.05, 0) is 36.2 Å². The standard InChI is InChI=1S/C18H18N2O/c1-13-9-14(7-8-18(13)21-2)11-19-16-10-15-5-3-4-6-17(15)20-12-16/h3-10,12,19H,11H2,1-2H3. The molecule has 106 valence electrons. The van der Waals surface area contributed by atoms with Gasteiger partial charge in [0, 0.05) is 11.9 Å². The van der Waals surface area contributed by atoms with Gasteiger partial charge in [-0.2, -0.15) is 0 Å². The van der Waals surface area contributed by atoms with E-state index in [9.17, 15) is 0 Å². The highest BCUT2D eigenvalue weighted by atomic mass is 16.5. The van der Waals surface area contributed by atoms with E-state index in [-0.39, 0.29) is 0 Å². The Hall–Kier alpha value is -2.55. The first kappa shape index (κ1) is 13.4. The molecule has 3 heteroatoms. The zero-order chi connectivity index (χ0) is 14.7. The zero-order valence-corrected chi connectivity index (χ0v) is 12.3. The Labute approximate surface area is 124 Å². The lowest BCUT2D eigenvalue weighted by Gasteiger charge is -2.10. The molecule has 3 aromatic rings. The van der Waals surface area contributed by atoms with Crippen LogP contribution in [-0.2, 0) is 6.54 Å². The Kier molecular flexibility index (Phi) is 3.73. The van der Waals surface area contributed by atoms with Gasteiger partial charge in [-0.25, -0.2) is 0 Å². The Morgan fingerprint density at radius 1 is 1.10 bits per heavy atom. The van der Waals surface area contributed by atoms with Crippen LogP contribution in [0.4, 0.5) is 5.69 Å². The second kappa shape index (κ2) is 5.83. The summed E-state index contributed by atoms with van der Waals surface area (Å²) in [4.78, 5) is 4.46.